The number of ether oxygens (including phenoxy) is 1. The standard InChI is InChI=1S/C18H17NO4S/c1-11-4-6-12(7-5-11)10-19(2)16-9-14-15(24-16)8-13(17(20)22-3)18(21)23-14/h4-9H,10H2,1-3H3. The summed E-state index contributed by atoms with van der Waals surface area (Å²) in [5.74, 6) is -0.686. The monoisotopic (exact) mass is 343 g/mol. The number of hydrogen-bond donors (Lipinski definition) is 0. The number of benzene rings is 1. The van der Waals surface area contributed by atoms with Crippen LogP contribution in [0.25, 0.3) is 10.3 Å². The number of esters is 1. The fourth-order valence-corrected chi connectivity index (χ4v) is 3.38. The molecule has 1 aromatic carbocycles. The molecule has 0 atom stereocenters. The fraction of sp³-hybridized carbons (Fsp3) is 0.222. The van der Waals surface area contributed by atoms with Gasteiger partial charge < -0.3 is 14.1 Å². The molecule has 2 heterocycles. The minimum absolute atomic E-state index is 0.0837. The van der Waals surface area contributed by atoms with E-state index in [-0.39, 0.29) is 5.56 Å². The van der Waals surface area contributed by atoms with Crippen molar-refractivity contribution in [2.75, 3.05) is 19.1 Å². The van der Waals surface area contributed by atoms with Crippen LogP contribution in [-0.2, 0) is 11.3 Å². The smallest absolute Gasteiger partial charge is 0.351 e. The summed E-state index contributed by atoms with van der Waals surface area (Å²) in [6.07, 6.45) is 0. The van der Waals surface area contributed by atoms with Gasteiger partial charge in [-0.25, -0.2) is 9.59 Å². The molecular formula is C18H17NO4S. The molecule has 2 aromatic heterocycles. The molecule has 3 aromatic rings. The number of hydrogen-bond acceptors (Lipinski definition) is 6. The fourth-order valence-electron chi connectivity index (χ4n) is 2.39. The molecule has 5 nitrogen and oxygen atoms in total. The Morgan fingerprint density at radius 1 is 1.25 bits per heavy atom. The molecule has 0 fully saturated rings. The topological polar surface area (TPSA) is 59.8 Å². The lowest BCUT2D eigenvalue weighted by molar-refractivity contribution is 0.0596. The third-order valence-corrected chi connectivity index (χ3v) is 4.91. The first-order chi connectivity index (χ1) is 11.5. The molecule has 0 bridgehead atoms. The van der Waals surface area contributed by atoms with E-state index in [1.54, 1.807) is 0 Å². The molecule has 0 unspecified atom stereocenters. The van der Waals surface area contributed by atoms with Crippen molar-refractivity contribution in [3.63, 3.8) is 0 Å². The van der Waals surface area contributed by atoms with Crippen molar-refractivity contribution < 1.29 is 13.9 Å². The van der Waals surface area contributed by atoms with Gasteiger partial charge in [0, 0.05) is 19.7 Å². The SMILES string of the molecule is COC(=O)c1cc2sc(N(C)Cc3ccc(C)cc3)cc2oc1=O. The lowest BCUT2D eigenvalue weighted by Crippen LogP contribution is -2.14. The van der Waals surface area contributed by atoms with Crippen molar-refractivity contribution in [2.24, 2.45) is 0 Å². The molecule has 0 aliphatic heterocycles. The minimum Gasteiger partial charge on any atom is -0.465 e. The quantitative estimate of drug-likeness (QED) is 0.678. The van der Waals surface area contributed by atoms with Crippen molar-refractivity contribution in [2.45, 2.75) is 13.5 Å². The van der Waals surface area contributed by atoms with Gasteiger partial charge in [0.1, 0.15) is 5.56 Å². The Hall–Kier alpha value is -2.60. The predicted octanol–water partition coefficient (Wildman–Crippen LogP) is 3.59. The second kappa shape index (κ2) is 6.49. The summed E-state index contributed by atoms with van der Waals surface area (Å²) in [6.45, 7) is 2.79. The van der Waals surface area contributed by atoms with Crippen LogP contribution in [0.1, 0.15) is 21.5 Å². The molecule has 124 valence electrons. The third-order valence-electron chi connectivity index (χ3n) is 3.73. The van der Waals surface area contributed by atoms with E-state index in [4.69, 9.17) is 4.42 Å². The van der Waals surface area contributed by atoms with Gasteiger partial charge in [0.2, 0.25) is 0 Å². The van der Waals surface area contributed by atoms with E-state index in [1.165, 1.54) is 35.6 Å². The van der Waals surface area contributed by atoms with E-state index < -0.39 is 11.6 Å². The highest BCUT2D eigenvalue weighted by Crippen LogP contribution is 2.32. The van der Waals surface area contributed by atoms with Gasteiger partial charge in [-0.15, -0.1) is 11.3 Å². The summed E-state index contributed by atoms with van der Waals surface area (Å²) in [5, 5.41) is 0.954. The van der Waals surface area contributed by atoms with Crippen LogP contribution in [0.5, 0.6) is 0 Å². The average Bonchev–Trinajstić information content (AvgIpc) is 2.98. The number of nitrogens with zero attached hydrogens (tertiary/aromatic N) is 1. The van der Waals surface area contributed by atoms with Crippen LogP contribution >= 0.6 is 11.3 Å². The van der Waals surface area contributed by atoms with E-state index in [0.29, 0.717) is 5.58 Å². The van der Waals surface area contributed by atoms with E-state index in [0.717, 1.165) is 16.2 Å². The van der Waals surface area contributed by atoms with Gasteiger partial charge >= 0.3 is 11.6 Å². The zero-order valence-corrected chi connectivity index (χ0v) is 14.5. The molecule has 0 amide bonds. The summed E-state index contributed by atoms with van der Waals surface area (Å²) in [7, 11) is 3.21. The Bertz CT molecular complexity index is 940. The molecule has 24 heavy (non-hydrogen) atoms. The Kier molecular flexibility index (Phi) is 4.40. The second-order valence-corrected chi connectivity index (χ2v) is 6.66. The normalized spacial score (nSPS) is 10.8. The van der Waals surface area contributed by atoms with Gasteiger partial charge in [-0.1, -0.05) is 29.8 Å². The molecule has 0 radical (unpaired) electrons. The van der Waals surface area contributed by atoms with Crippen molar-refractivity contribution >= 4 is 32.6 Å². The van der Waals surface area contributed by atoms with Gasteiger partial charge in [0.15, 0.2) is 5.58 Å². The van der Waals surface area contributed by atoms with E-state index in [9.17, 15) is 9.59 Å². The lowest BCUT2D eigenvalue weighted by Gasteiger charge is -2.16. The van der Waals surface area contributed by atoms with Crippen LogP contribution in [0.3, 0.4) is 0 Å². The van der Waals surface area contributed by atoms with Gasteiger partial charge in [0.05, 0.1) is 16.8 Å². The third kappa shape index (κ3) is 3.19. The molecular weight excluding hydrogens is 326 g/mol. The van der Waals surface area contributed by atoms with Crippen molar-refractivity contribution in [1.29, 1.82) is 0 Å². The first kappa shape index (κ1) is 16.3. The maximum atomic E-state index is 11.9. The Balaban J connectivity index is 1.91. The summed E-state index contributed by atoms with van der Waals surface area (Å²) >= 11 is 1.46. The maximum Gasteiger partial charge on any atom is 0.351 e. The van der Waals surface area contributed by atoms with Crippen LogP contribution in [-0.4, -0.2) is 20.1 Å². The number of thiophene rings is 1. The maximum absolute atomic E-state index is 11.9. The second-order valence-electron chi connectivity index (χ2n) is 5.59. The van der Waals surface area contributed by atoms with Crippen LogP contribution in [0, 0.1) is 6.92 Å². The number of rotatable bonds is 4. The molecule has 0 saturated heterocycles. The van der Waals surface area contributed by atoms with E-state index in [1.807, 2.05) is 13.1 Å². The Labute approximate surface area is 143 Å². The average molecular weight is 343 g/mol. The molecule has 0 aliphatic rings. The van der Waals surface area contributed by atoms with Crippen LogP contribution in [0.15, 0.2) is 45.6 Å². The van der Waals surface area contributed by atoms with Crippen LogP contribution < -0.4 is 10.5 Å². The number of methoxy groups -OCH3 is 1. The lowest BCUT2D eigenvalue weighted by atomic mass is 10.1. The van der Waals surface area contributed by atoms with Gasteiger partial charge in [-0.2, -0.15) is 0 Å². The summed E-state index contributed by atoms with van der Waals surface area (Å²) < 4.78 is 10.6. The number of carbonyl (C=O) groups is 1. The van der Waals surface area contributed by atoms with Gasteiger partial charge in [-0.3, -0.25) is 0 Å². The van der Waals surface area contributed by atoms with Crippen molar-refractivity contribution in [1.82, 2.24) is 0 Å². The number of aryl methyl sites for hydroxylation is 1. The number of fused-ring (bicyclic) bond motifs is 1. The zero-order chi connectivity index (χ0) is 17.3. The van der Waals surface area contributed by atoms with Crippen LogP contribution in [0.2, 0.25) is 0 Å². The molecule has 6 heteroatoms. The Morgan fingerprint density at radius 3 is 2.62 bits per heavy atom. The van der Waals surface area contributed by atoms with Crippen molar-refractivity contribution in [3.8, 4) is 0 Å². The highest BCUT2D eigenvalue weighted by molar-refractivity contribution is 7.22. The van der Waals surface area contributed by atoms with Crippen molar-refractivity contribution in [3.05, 3.63) is 63.5 Å². The minimum atomic E-state index is -0.686. The first-order valence-corrected chi connectivity index (χ1v) is 8.22. The number of carbonyl (C=O) groups excluding carboxylic acids is 1. The van der Waals surface area contributed by atoms with E-state index in [2.05, 4.69) is 40.8 Å². The Morgan fingerprint density at radius 2 is 1.96 bits per heavy atom. The highest BCUT2D eigenvalue weighted by atomic mass is 32.1. The zero-order valence-electron chi connectivity index (χ0n) is 13.7. The number of anilines is 1. The highest BCUT2D eigenvalue weighted by Gasteiger charge is 2.16. The van der Waals surface area contributed by atoms with Gasteiger partial charge in [-0.05, 0) is 18.6 Å². The summed E-state index contributed by atoms with van der Waals surface area (Å²) in [4.78, 5) is 25.5. The molecule has 0 N–H and O–H groups in total. The molecule has 0 saturated carbocycles. The van der Waals surface area contributed by atoms with E-state index >= 15 is 0 Å². The van der Waals surface area contributed by atoms with Gasteiger partial charge in [0.25, 0.3) is 0 Å². The van der Waals surface area contributed by atoms with Crippen LogP contribution in [0.4, 0.5) is 5.00 Å². The summed E-state index contributed by atoms with van der Waals surface area (Å²) in [6, 6.07) is 11.7. The largest absolute Gasteiger partial charge is 0.465 e. The molecule has 0 aliphatic carbocycles. The first-order valence-electron chi connectivity index (χ1n) is 7.40. The molecule has 0 spiro atoms. The predicted molar refractivity (Wildman–Crippen MR) is 95.0 cm³/mol. The molecule has 3 rings (SSSR count). The summed E-state index contributed by atoms with van der Waals surface area (Å²) in [5.41, 5.74) is 2.13.